The number of hydrogen-bond acceptors (Lipinski definition) is 4. The maximum Gasteiger partial charge on any atom is 0.325 e. The molecule has 1 saturated carbocycles. The molecule has 160 valence electrons. The molecule has 7 heteroatoms. The molecule has 3 heterocycles. The number of nitrogens with zero attached hydrogens (tertiary/aromatic N) is 3. The summed E-state index contributed by atoms with van der Waals surface area (Å²) in [5.74, 6) is -0.266. The average molecular weight is 427 g/mol. The van der Waals surface area contributed by atoms with E-state index in [2.05, 4.69) is 34.8 Å². The summed E-state index contributed by atoms with van der Waals surface area (Å²) in [7, 11) is 0. The summed E-state index contributed by atoms with van der Waals surface area (Å²) in [4.78, 5) is 18.9. The first-order valence-corrected chi connectivity index (χ1v) is 11.2. The summed E-state index contributed by atoms with van der Waals surface area (Å²) < 4.78 is 7.72. The molecule has 0 bridgehead atoms. The second-order valence-electron chi connectivity index (χ2n) is 8.19. The number of carbonyl (C=O) groups excluding carboxylic acids is 1. The van der Waals surface area contributed by atoms with Gasteiger partial charge in [0.05, 0.1) is 24.4 Å². The zero-order valence-corrected chi connectivity index (χ0v) is 18.7. The zero-order chi connectivity index (χ0) is 21.3. The van der Waals surface area contributed by atoms with Crippen molar-refractivity contribution in [3.63, 3.8) is 0 Å². The van der Waals surface area contributed by atoms with E-state index in [9.17, 15) is 4.79 Å². The van der Waals surface area contributed by atoms with Gasteiger partial charge in [-0.1, -0.05) is 18.9 Å². The van der Waals surface area contributed by atoms with Crippen LogP contribution in [0, 0.1) is 13.8 Å². The lowest BCUT2D eigenvalue weighted by molar-refractivity contribution is -0.143. The molecule has 2 fully saturated rings. The molecule has 2 aromatic rings. The Labute approximate surface area is 183 Å². The number of aromatic nitrogens is 2. The Balaban J connectivity index is 1.76. The average Bonchev–Trinajstić information content (AvgIpc) is 3.42. The van der Waals surface area contributed by atoms with Crippen molar-refractivity contribution in [2.75, 3.05) is 13.2 Å². The van der Waals surface area contributed by atoms with Crippen LogP contribution in [0.3, 0.4) is 0 Å². The molecule has 1 saturated heterocycles. The Hall–Kier alpha value is -2.41. The Morgan fingerprint density at radius 1 is 1.30 bits per heavy atom. The molecule has 1 N–H and O–H groups in total. The molecule has 0 radical (unpaired) electrons. The fraction of sp³-hybridized carbons (Fsp3) is 0.522. The van der Waals surface area contributed by atoms with E-state index >= 15 is 0 Å². The molecular weight excluding hydrogens is 396 g/mol. The van der Waals surface area contributed by atoms with Crippen molar-refractivity contribution in [1.29, 1.82) is 0 Å². The van der Waals surface area contributed by atoms with Gasteiger partial charge in [0.1, 0.15) is 6.54 Å². The van der Waals surface area contributed by atoms with Gasteiger partial charge in [-0.15, -0.1) is 0 Å². The first-order chi connectivity index (χ1) is 14.5. The number of nitrogens with one attached hydrogen (secondary N) is 1. The summed E-state index contributed by atoms with van der Waals surface area (Å²) in [6.45, 7) is 6.68. The van der Waals surface area contributed by atoms with Crippen molar-refractivity contribution in [3.8, 4) is 0 Å². The van der Waals surface area contributed by atoms with Crippen molar-refractivity contribution < 1.29 is 9.53 Å². The predicted molar refractivity (Wildman–Crippen MR) is 120 cm³/mol. The van der Waals surface area contributed by atoms with E-state index in [4.69, 9.17) is 17.0 Å². The predicted octanol–water partition coefficient (Wildman–Crippen LogP) is 4.15. The second-order valence-corrected chi connectivity index (χ2v) is 8.58. The lowest BCUT2D eigenvalue weighted by Crippen LogP contribution is -2.35. The SMILES string of the molecule is CCOC(=O)CN1C(=S)N[C@@H](c2ccccn2)[C@@H]1c1cc(C)n(C2CCCC2)c1C. The molecule has 0 unspecified atom stereocenters. The maximum atomic E-state index is 12.4. The van der Waals surface area contributed by atoms with E-state index in [1.165, 1.54) is 42.6 Å². The molecule has 1 aliphatic heterocycles. The summed E-state index contributed by atoms with van der Waals surface area (Å²) in [6, 6.07) is 8.50. The van der Waals surface area contributed by atoms with Crippen LogP contribution in [0.4, 0.5) is 0 Å². The van der Waals surface area contributed by atoms with Crippen molar-refractivity contribution in [2.45, 2.75) is 64.6 Å². The number of pyridine rings is 1. The summed E-state index contributed by atoms with van der Waals surface area (Å²) in [6.07, 6.45) is 6.84. The molecule has 0 amide bonds. The molecule has 4 rings (SSSR count). The molecule has 0 spiro atoms. The van der Waals surface area contributed by atoms with Crippen molar-refractivity contribution in [2.24, 2.45) is 0 Å². The minimum absolute atomic E-state index is 0.113. The number of rotatable bonds is 6. The monoisotopic (exact) mass is 426 g/mol. The number of esters is 1. The van der Waals surface area contributed by atoms with Crippen LogP contribution in [-0.4, -0.2) is 38.7 Å². The van der Waals surface area contributed by atoms with Gasteiger partial charge in [0.15, 0.2) is 5.11 Å². The number of ether oxygens (including phenoxy) is 1. The second kappa shape index (κ2) is 8.76. The zero-order valence-electron chi connectivity index (χ0n) is 17.9. The van der Waals surface area contributed by atoms with Crippen LogP contribution in [0.2, 0.25) is 0 Å². The number of hydrogen-bond donors (Lipinski definition) is 1. The van der Waals surface area contributed by atoms with Crippen LogP contribution < -0.4 is 5.32 Å². The minimum atomic E-state index is -0.266. The van der Waals surface area contributed by atoms with E-state index in [0.29, 0.717) is 17.8 Å². The van der Waals surface area contributed by atoms with Gasteiger partial charge in [-0.25, -0.2) is 0 Å². The van der Waals surface area contributed by atoms with Crippen molar-refractivity contribution in [1.82, 2.24) is 19.8 Å². The third-order valence-corrected chi connectivity index (χ3v) is 6.69. The van der Waals surface area contributed by atoms with Gasteiger partial charge in [-0.3, -0.25) is 9.78 Å². The summed E-state index contributed by atoms with van der Waals surface area (Å²) >= 11 is 5.66. The standard InChI is InChI=1S/C23H30N4O2S/c1-4-29-20(28)14-26-22(21(25-23(26)30)19-11-7-8-12-24-19)18-13-15(2)27(16(18)3)17-9-5-6-10-17/h7-8,11-13,17,21-22H,4-6,9-10,14H2,1-3H3,(H,25,30)/t21-,22-/m0/s1. The van der Waals surface area contributed by atoms with E-state index in [1.807, 2.05) is 30.0 Å². The Kier molecular flexibility index (Phi) is 6.09. The van der Waals surface area contributed by atoms with Gasteiger partial charge >= 0.3 is 5.97 Å². The molecule has 1 aliphatic carbocycles. The quantitative estimate of drug-likeness (QED) is 0.553. The normalized spacial score (nSPS) is 21.8. The van der Waals surface area contributed by atoms with E-state index < -0.39 is 0 Å². The number of thiocarbonyl (C=S) groups is 1. The lowest BCUT2D eigenvalue weighted by Gasteiger charge is -2.27. The van der Waals surface area contributed by atoms with Crippen LogP contribution in [0.25, 0.3) is 0 Å². The highest BCUT2D eigenvalue weighted by atomic mass is 32.1. The Morgan fingerprint density at radius 3 is 2.73 bits per heavy atom. The topological polar surface area (TPSA) is 59.4 Å². The van der Waals surface area contributed by atoms with Gasteiger partial charge < -0.3 is 19.5 Å². The Morgan fingerprint density at radius 2 is 2.07 bits per heavy atom. The number of carbonyl (C=O) groups is 1. The largest absolute Gasteiger partial charge is 0.465 e. The van der Waals surface area contributed by atoms with Crippen molar-refractivity contribution in [3.05, 3.63) is 53.1 Å². The van der Waals surface area contributed by atoms with Crippen LogP contribution in [0.1, 0.15) is 73.4 Å². The van der Waals surface area contributed by atoms with E-state index in [-0.39, 0.29) is 24.6 Å². The van der Waals surface area contributed by atoms with Crippen molar-refractivity contribution >= 4 is 23.3 Å². The van der Waals surface area contributed by atoms with Gasteiger partial charge in [0.2, 0.25) is 0 Å². The fourth-order valence-electron chi connectivity index (χ4n) is 5.09. The van der Waals surface area contributed by atoms with Gasteiger partial charge in [-0.2, -0.15) is 0 Å². The highest BCUT2D eigenvalue weighted by Crippen LogP contribution is 2.42. The molecule has 6 nitrogen and oxygen atoms in total. The third-order valence-electron chi connectivity index (χ3n) is 6.33. The number of aryl methyl sites for hydroxylation is 1. The Bertz CT molecular complexity index is 921. The van der Waals surface area contributed by atoms with Crippen LogP contribution >= 0.6 is 12.2 Å². The highest BCUT2D eigenvalue weighted by molar-refractivity contribution is 7.80. The molecule has 2 atom stereocenters. The van der Waals surface area contributed by atoms with Crippen LogP contribution in [0.15, 0.2) is 30.5 Å². The first kappa shape index (κ1) is 20.8. The molecule has 2 aliphatic rings. The molecule has 0 aromatic carbocycles. The molecule has 2 aromatic heterocycles. The van der Waals surface area contributed by atoms with Gasteiger partial charge in [0, 0.05) is 23.6 Å². The summed E-state index contributed by atoms with van der Waals surface area (Å²) in [5.41, 5.74) is 4.64. The molecular formula is C23H30N4O2S. The first-order valence-electron chi connectivity index (χ1n) is 10.8. The van der Waals surface area contributed by atoms with Crippen LogP contribution in [0.5, 0.6) is 0 Å². The van der Waals surface area contributed by atoms with Gasteiger partial charge in [0.25, 0.3) is 0 Å². The van der Waals surface area contributed by atoms with E-state index in [0.717, 1.165) is 5.69 Å². The highest BCUT2D eigenvalue weighted by Gasteiger charge is 2.42. The smallest absolute Gasteiger partial charge is 0.325 e. The van der Waals surface area contributed by atoms with Gasteiger partial charge in [-0.05, 0) is 69.6 Å². The molecule has 30 heavy (non-hydrogen) atoms. The maximum absolute atomic E-state index is 12.4. The summed E-state index contributed by atoms with van der Waals surface area (Å²) in [5, 5.41) is 3.98. The third kappa shape index (κ3) is 3.83. The van der Waals surface area contributed by atoms with E-state index in [1.54, 1.807) is 6.20 Å². The van der Waals surface area contributed by atoms with Crippen LogP contribution in [-0.2, 0) is 9.53 Å². The minimum Gasteiger partial charge on any atom is -0.465 e. The fourth-order valence-corrected chi connectivity index (χ4v) is 5.39. The lowest BCUT2D eigenvalue weighted by atomic mass is 9.96.